The first kappa shape index (κ1) is 18.8. The number of carbonyl (C=O) groups excluding carboxylic acids is 1. The van der Waals surface area contributed by atoms with E-state index >= 15 is 0 Å². The smallest absolute Gasteiger partial charge is 0.259 e. The van der Waals surface area contributed by atoms with Gasteiger partial charge in [-0.25, -0.2) is 9.50 Å². The normalized spacial score (nSPS) is 15.9. The summed E-state index contributed by atoms with van der Waals surface area (Å²) in [5, 5.41) is 13.3. The minimum Gasteiger partial charge on any atom is -0.396 e. The van der Waals surface area contributed by atoms with Crippen molar-refractivity contribution in [2.45, 2.75) is 39.0 Å². The highest BCUT2D eigenvalue weighted by molar-refractivity contribution is 5.99. The maximum atomic E-state index is 13.0. The van der Waals surface area contributed by atoms with Gasteiger partial charge in [-0.1, -0.05) is 12.8 Å². The first-order valence-corrected chi connectivity index (χ1v) is 9.67. The molecular weight excluding hydrogens is 330 g/mol. The number of rotatable bonds is 7. The molecule has 0 unspecified atom stereocenters. The van der Waals surface area contributed by atoms with E-state index < -0.39 is 0 Å². The van der Waals surface area contributed by atoms with Gasteiger partial charge in [0.05, 0.1) is 6.20 Å². The summed E-state index contributed by atoms with van der Waals surface area (Å²) in [5.74, 6) is -0.0141. The maximum absolute atomic E-state index is 13.0. The molecule has 0 spiro atoms. The second-order valence-electron chi connectivity index (χ2n) is 6.90. The number of likely N-dealkylation sites (tertiary alicyclic amines) is 1. The molecule has 7 heteroatoms. The van der Waals surface area contributed by atoms with Crippen LogP contribution in [0.5, 0.6) is 0 Å². The molecule has 7 nitrogen and oxygen atoms in total. The SMILES string of the molecule is CCN(CCN1CCCCCC1)C(=O)c1cnn2cc(CCO)cnc12. The van der Waals surface area contributed by atoms with E-state index in [1.165, 1.54) is 25.7 Å². The van der Waals surface area contributed by atoms with E-state index in [0.717, 1.165) is 31.7 Å². The van der Waals surface area contributed by atoms with Gasteiger partial charge in [-0.2, -0.15) is 5.10 Å². The third-order valence-corrected chi connectivity index (χ3v) is 5.09. The molecule has 0 aliphatic carbocycles. The molecule has 3 rings (SSSR count). The van der Waals surface area contributed by atoms with Crippen molar-refractivity contribution < 1.29 is 9.90 Å². The molecule has 3 heterocycles. The lowest BCUT2D eigenvalue weighted by Crippen LogP contribution is -2.39. The summed E-state index contributed by atoms with van der Waals surface area (Å²) < 4.78 is 1.63. The Morgan fingerprint density at radius 2 is 2.00 bits per heavy atom. The van der Waals surface area contributed by atoms with E-state index in [4.69, 9.17) is 5.11 Å². The summed E-state index contributed by atoms with van der Waals surface area (Å²) in [4.78, 5) is 21.7. The molecule has 2 aromatic heterocycles. The van der Waals surface area contributed by atoms with Gasteiger partial charge in [0.1, 0.15) is 5.56 Å². The van der Waals surface area contributed by atoms with Gasteiger partial charge in [0.15, 0.2) is 5.65 Å². The number of hydrogen-bond donors (Lipinski definition) is 1. The fourth-order valence-corrected chi connectivity index (χ4v) is 3.52. The highest BCUT2D eigenvalue weighted by Gasteiger charge is 2.20. The maximum Gasteiger partial charge on any atom is 0.259 e. The van der Waals surface area contributed by atoms with Gasteiger partial charge >= 0.3 is 0 Å². The zero-order valence-electron chi connectivity index (χ0n) is 15.6. The zero-order valence-corrected chi connectivity index (χ0v) is 15.6. The van der Waals surface area contributed by atoms with Crippen LogP contribution in [0.15, 0.2) is 18.6 Å². The summed E-state index contributed by atoms with van der Waals surface area (Å²) in [5.41, 5.74) is 2.01. The summed E-state index contributed by atoms with van der Waals surface area (Å²) >= 11 is 0. The average molecular weight is 359 g/mol. The van der Waals surface area contributed by atoms with E-state index in [-0.39, 0.29) is 12.5 Å². The summed E-state index contributed by atoms with van der Waals surface area (Å²) in [6.45, 7) is 6.68. The standard InChI is InChI=1S/C19H29N5O2/c1-2-23(11-10-22-8-5-3-4-6-9-22)19(26)17-14-21-24-15-16(7-12-25)13-20-18(17)24/h13-15,25H,2-12H2,1H3. The van der Waals surface area contributed by atoms with Crippen LogP contribution in [0.25, 0.3) is 5.65 Å². The zero-order chi connectivity index (χ0) is 18.4. The third-order valence-electron chi connectivity index (χ3n) is 5.09. The first-order chi connectivity index (χ1) is 12.7. The van der Waals surface area contributed by atoms with Crippen molar-refractivity contribution in [1.82, 2.24) is 24.4 Å². The van der Waals surface area contributed by atoms with E-state index in [2.05, 4.69) is 15.0 Å². The van der Waals surface area contributed by atoms with Crippen molar-refractivity contribution >= 4 is 11.6 Å². The van der Waals surface area contributed by atoms with E-state index in [9.17, 15) is 4.79 Å². The molecule has 0 radical (unpaired) electrons. The van der Waals surface area contributed by atoms with Gasteiger partial charge in [-0.15, -0.1) is 0 Å². The Kier molecular flexibility index (Phi) is 6.57. The monoisotopic (exact) mass is 359 g/mol. The van der Waals surface area contributed by atoms with Crippen LogP contribution in [0.2, 0.25) is 0 Å². The van der Waals surface area contributed by atoms with Gasteiger partial charge in [0.25, 0.3) is 5.91 Å². The van der Waals surface area contributed by atoms with E-state index in [0.29, 0.717) is 24.2 Å². The molecule has 1 aliphatic rings. The molecule has 142 valence electrons. The lowest BCUT2D eigenvalue weighted by Gasteiger charge is -2.25. The summed E-state index contributed by atoms with van der Waals surface area (Å²) in [7, 11) is 0. The Morgan fingerprint density at radius 1 is 1.23 bits per heavy atom. The van der Waals surface area contributed by atoms with Crippen molar-refractivity contribution in [2.75, 3.05) is 39.3 Å². The van der Waals surface area contributed by atoms with Gasteiger partial charge in [-0.3, -0.25) is 4.79 Å². The number of carbonyl (C=O) groups is 1. The second kappa shape index (κ2) is 9.09. The number of aromatic nitrogens is 3. The molecule has 1 saturated heterocycles. The molecular formula is C19H29N5O2. The topological polar surface area (TPSA) is 74.0 Å². The lowest BCUT2D eigenvalue weighted by molar-refractivity contribution is 0.0747. The second-order valence-corrected chi connectivity index (χ2v) is 6.90. The number of hydrogen-bond acceptors (Lipinski definition) is 5. The van der Waals surface area contributed by atoms with Crippen LogP contribution in [-0.4, -0.2) is 74.7 Å². The molecule has 1 amide bonds. The van der Waals surface area contributed by atoms with E-state index in [1.54, 1.807) is 16.9 Å². The van der Waals surface area contributed by atoms with Crippen LogP contribution in [0.1, 0.15) is 48.5 Å². The Balaban J connectivity index is 1.68. The molecule has 0 saturated carbocycles. The predicted molar refractivity (Wildman–Crippen MR) is 100 cm³/mol. The number of amides is 1. The van der Waals surface area contributed by atoms with Gasteiger partial charge in [0, 0.05) is 38.6 Å². The van der Waals surface area contributed by atoms with Crippen molar-refractivity contribution in [3.63, 3.8) is 0 Å². The molecule has 0 bridgehead atoms. The number of likely N-dealkylation sites (N-methyl/N-ethyl adjacent to an activating group) is 1. The molecule has 0 atom stereocenters. The average Bonchev–Trinajstić information content (AvgIpc) is 2.89. The van der Waals surface area contributed by atoms with Crippen LogP contribution in [0, 0.1) is 0 Å². The minimum absolute atomic E-state index is 0.0141. The quantitative estimate of drug-likeness (QED) is 0.813. The fraction of sp³-hybridized carbons (Fsp3) is 0.632. The predicted octanol–water partition coefficient (Wildman–Crippen LogP) is 1.60. The van der Waals surface area contributed by atoms with Gasteiger partial charge in [0.2, 0.25) is 0 Å². The van der Waals surface area contributed by atoms with Crippen LogP contribution in [0.3, 0.4) is 0 Å². The largest absolute Gasteiger partial charge is 0.396 e. The molecule has 1 N–H and O–H groups in total. The number of aliphatic hydroxyl groups excluding tert-OH is 1. The first-order valence-electron chi connectivity index (χ1n) is 9.67. The number of aliphatic hydroxyl groups is 1. The number of nitrogens with zero attached hydrogens (tertiary/aromatic N) is 5. The molecule has 26 heavy (non-hydrogen) atoms. The van der Waals surface area contributed by atoms with Crippen molar-refractivity contribution in [3.05, 3.63) is 29.7 Å². The molecule has 2 aromatic rings. The van der Waals surface area contributed by atoms with Gasteiger partial charge < -0.3 is 14.9 Å². The van der Waals surface area contributed by atoms with Crippen LogP contribution < -0.4 is 0 Å². The fourth-order valence-electron chi connectivity index (χ4n) is 3.52. The van der Waals surface area contributed by atoms with Crippen LogP contribution in [0.4, 0.5) is 0 Å². The Morgan fingerprint density at radius 3 is 2.69 bits per heavy atom. The molecule has 1 aliphatic heterocycles. The molecule has 1 fully saturated rings. The number of fused-ring (bicyclic) bond motifs is 1. The summed E-state index contributed by atoms with van der Waals surface area (Å²) in [6, 6.07) is 0. The highest BCUT2D eigenvalue weighted by atomic mass is 16.3. The van der Waals surface area contributed by atoms with Gasteiger partial charge in [-0.05, 0) is 44.8 Å². The van der Waals surface area contributed by atoms with Crippen molar-refractivity contribution in [3.8, 4) is 0 Å². The Bertz CT molecular complexity index is 722. The lowest BCUT2D eigenvalue weighted by atomic mass is 10.2. The minimum atomic E-state index is -0.0141. The van der Waals surface area contributed by atoms with Crippen LogP contribution >= 0.6 is 0 Å². The van der Waals surface area contributed by atoms with Crippen molar-refractivity contribution in [2.24, 2.45) is 0 Å². The summed E-state index contributed by atoms with van der Waals surface area (Å²) in [6.07, 6.45) is 10.8. The Hall–Kier alpha value is -1.99. The highest BCUT2D eigenvalue weighted by Crippen LogP contribution is 2.13. The third kappa shape index (κ3) is 4.40. The van der Waals surface area contributed by atoms with Crippen molar-refractivity contribution in [1.29, 1.82) is 0 Å². The van der Waals surface area contributed by atoms with E-state index in [1.807, 2.05) is 18.0 Å². The van der Waals surface area contributed by atoms with Crippen LogP contribution in [-0.2, 0) is 6.42 Å². The molecule has 0 aromatic carbocycles. The Labute approximate surface area is 154 Å².